The van der Waals surface area contributed by atoms with Gasteiger partial charge in [0.15, 0.2) is 5.82 Å². The van der Waals surface area contributed by atoms with E-state index in [2.05, 4.69) is 30.5 Å². The molecule has 0 amide bonds. The second kappa shape index (κ2) is 5.04. The van der Waals surface area contributed by atoms with E-state index in [0.717, 1.165) is 11.6 Å². The number of fused-ring (bicyclic) bond motifs is 1. The molecule has 23 heavy (non-hydrogen) atoms. The van der Waals surface area contributed by atoms with Gasteiger partial charge in [0, 0.05) is 13.0 Å². The molecule has 0 unspecified atom stereocenters. The molecule has 0 spiro atoms. The van der Waals surface area contributed by atoms with E-state index in [1.807, 2.05) is 11.6 Å². The lowest BCUT2D eigenvalue weighted by Gasteiger charge is -2.06. The fourth-order valence-electron chi connectivity index (χ4n) is 2.59. The highest BCUT2D eigenvalue weighted by molar-refractivity contribution is 5.96. The van der Waals surface area contributed by atoms with Crippen LogP contribution in [0.5, 0.6) is 0 Å². The van der Waals surface area contributed by atoms with Crippen molar-refractivity contribution in [2.75, 3.05) is 5.32 Å². The van der Waals surface area contributed by atoms with Crippen molar-refractivity contribution in [2.45, 2.75) is 25.3 Å². The molecule has 3 aromatic heterocycles. The number of aromatic carboxylic acids is 1. The molecule has 0 bridgehead atoms. The van der Waals surface area contributed by atoms with Gasteiger partial charge in [0.1, 0.15) is 29.3 Å². The summed E-state index contributed by atoms with van der Waals surface area (Å²) in [6.45, 7) is 0.454. The maximum atomic E-state index is 11.1. The topological polar surface area (TPSA) is 122 Å². The van der Waals surface area contributed by atoms with E-state index >= 15 is 0 Å². The van der Waals surface area contributed by atoms with Crippen LogP contribution in [0, 0.1) is 0 Å². The average Bonchev–Trinajstić information content (AvgIpc) is 3.16. The Bertz CT molecular complexity index is 894. The molecule has 9 nitrogen and oxygen atoms in total. The van der Waals surface area contributed by atoms with Gasteiger partial charge in [0.25, 0.3) is 0 Å². The summed E-state index contributed by atoms with van der Waals surface area (Å²) in [7, 11) is 1.96. The predicted molar refractivity (Wildman–Crippen MR) is 81.2 cm³/mol. The standard InChI is InChI=1S/C14H15N7O2/c1-21-10(19-20-13(21)7-2-3-7)5-15-11-8-4-9(14(22)23)18-12(8)17-6-16-11/h4,6-7H,2-3,5H2,1H3,(H,22,23)(H2,15,16,17,18). The van der Waals surface area contributed by atoms with E-state index in [0.29, 0.717) is 29.3 Å². The molecule has 4 rings (SSSR count). The molecule has 3 aromatic rings. The van der Waals surface area contributed by atoms with Crippen molar-refractivity contribution in [3.8, 4) is 0 Å². The maximum absolute atomic E-state index is 11.1. The van der Waals surface area contributed by atoms with Crippen LogP contribution < -0.4 is 5.32 Å². The van der Waals surface area contributed by atoms with Crippen LogP contribution in [0.15, 0.2) is 12.4 Å². The molecule has 1 aliphatic carbocycles. The van der Waals surface area contributed by atoms with Crippen LogP contribution in [-0.4, -0.2) is 40.8 Å². The summed E-state index contributed by atoms with van der Waals surface area (Å²) in [5.74, 6) is 1.90. The van der Waals surface area contributed by atoms with Crippen LogP contribution in [-0.2, 0) is 13.6 Å². The van der Waals surface area contributed by atoms with Gasteiger partial charge >= 0.3 is 5.97 Å². The number of nitrogens with one attached hydrogen (secondary N) is 2. The van der Waals surface area contributed by atoms with E-state index < -0.39 is 5.97 Å². The van der Waals surface area contributed by atoms with Gasteiger partial charge in [0.05, 0.1) is 11.9 Å². The number of aromatic amines is 1. The van der Waals surface area contributed by atoms with Crippen LogP contribution in [0.2, 0.25) is 0 Å². The molecule has 1 fully saturated rings. The van der Waals surface area contributed by atoms with Crippen LogP contribution in [0.25, 0.3) is 11.0 Å². The molecule has 0 radical (unpaired) electrons. The lowest BCUT2D eigenvalue weighted by atomic mass is 10.3. The summed E-state index contributed by atoms with van der Waals surface area (Å²) < 4.78 is 2.00. The first-order chi connectivity index (χ1) is 11.1. The highest BCUT2D eigenvalue weighted by atomic mass is 16.4. The number of rotatable bonds is 5. The number of hydrogen-bond donors (Lipinski definition) is 3. The van der Waals surface area contributed by atoms with Crippen molar-refractivity contribution in [3.05, 3.63) is 29.7 Å². The third-order valence-electron chi connectivity index (χ3n) is 4.01. The van der Waals surface area contributed by atoms with Crippen molar-refractivity contribution in [1.82, 2.24) is 29.7 Å². The summed E-state index contributed by atoms with van der Waals surface area (Å²) in [5, 5.41) is 21.3. The van der Waals surface area contributed by atoms with Gasteiger partial charge < -0.3 is 20.0 Å². The Morgan fingerprint density at radius 2 is 2.26 bits per heavy atom. The summed E-state index contributed by atoms with van der Waals surface area (Å²) in [4.78, 5) is 22.0. The van der Waals surface area contributed by atoms with Crippen molar-refractivity contribution in [3.63, 3.8) is 0 Å². The number of aromatic nitrogens is 6. The summed E-state index contributed by atoms with van der Waals surface area (Å²) in [5.41, 5.74) is 0.565. The third-order valence-corrected chi connectivity index (χ3v) is 4.01. The Balaban J connectivity index is 1.59. The first-order valence-corrected chi connectivity index (χ1v) is 7.32. The Labute approximate surface area is 130 Å². The second-order valence-corrected chi connectivity index (χ2v) is 5.63. The predicted octanol–water partition coefficient (Wildman–Crippen LogP) is 1.27. The first kappa shape index (κ1) is 13.7. The number of carbonyl (C=O) groups is 1. The number of carboxylic acids is 1. The molecule has 1 saturated carbocycles. The highest BCUT2D eigenvalue weighted by Crippen LogP contribution is 2.38. The van der Waals surface area contributed by atoms with E-state index in [-0.39, 0.29) is 5.69 Å². The molecule has 0 saturated heterocycles. The highest BCUT2D eigenvalue weighted by Gasteiger charge is 2.29. The van der Waals surface area contributed by atoms with Crippen LogP contribution in [0.3, 0.4) is 0 Å². The van der Waals surface area contributed by atoms with Crippen LogP contribution in [0.1, 0.15) is 40.9 Å². The Morgan fingerprint density at radius 3 is 3.00 bits per heavy atom. The van der Waals surface area contributed by atoms with Gasteiger partial charge in [-0.15, -0.1) is 10.2 Å². The minimum atomic E-state index is -1.03. The molecule has 3 N–H and O–H groups in total. The zero-order valence-electron chi connectivity index (χ0n) is 12.4. The maximum Gasteiger partial charge on any atom is 0.352 e. The molecular formula is C14H15N7O2. The van der Waals surface area contributed by atoms with Gasteiger partial charge in [-0.2, -0.15) is 0 Å². The SMILES string of the molecule is Cn1c(CNc2ncnc3[nH]c(C(=O)O)cc23)nnc1C1CC1. The van der Waals surface area contributed by atoms with Gasteiger partial charge in [0.2, 0.25) is 0 Å². The fourth-order valence-corrected chi connectivity index (χ4v) is 2.59. The molecule has 9 heteroatoms. The summed E-state index contributed by atoms with van der Waals surface area (Å²) in [6, 6.07) is 1.52. The lowest BCUT2D eigenvalue weighted by molar-refractivity contribution is 0.0691. The molecule has 118 valence electrons. The zero-order valence-corrected chi connectivity index (χ0v) is 12.4. The first-order valence-electron chi connectivity index (χ1n) is 7.32. The van der Waals surface area contributed by atoms with E-state index in [1.54, 1.807) is 0 Å². The average molecular weight is 313 g/mol. The molecule has 0 aromatic carbocycles. The van der Waals surface area contributed by atoms with Gasteiger partial charge in [-0.25, -0.2) is 14.8 Å². The molecule has 1 aliphatic rings. The van der Waals surface area contributed by atoms with Gasteiger partial charge in [-0.3, -0.25) is 0 Å². The molecule has 0 aliphatic heterocycles. The smallest absolute Gasteiger partial charge is 0.352 e. The Kier molecular flexibility index (Phi) is 3.00. The summed E-state index contributed by atoms with van der Waals surface area (Å²) >= 11 is 0. The van der Waals surface area contributed by atoms with Crippen molar-refractivity contribution >= 4 is 22.8 Å². The van der Waals surface area contributed by atoms with Gasteiger partial charge in [-0.05, 0) is 18.9 Å². The number of nitrogens with zero attached hydrogens (tertiary/aromatic N) is 5. The number of anilines is 1. The van der Waals surface area contributed by atoms with E-state index in [4.69, 9.17) is 5.11 Å². The second-order valence-electron chi connectivity index (χ2n) is 5.63. The minimum absolute atomic E-state index is 0.0817. The fraction of sp³-hybridized carbons (Fsp3) is 0.357. The largest absolute Gasteiger partial charge is 0.477 e. The number of carboxylic acid groups (broad SMARTS) is 1. The van der Waals surface area contributed by atoms with E-state index in [1.165, 1.54) is 25.2 Å². The van der Waals surface area contributed by atoms with Crippen molar-refractivity contribution in [1.29, 1.82) is 0 Å². The zero-order chi connectivity index (χ0) is 16.0. The number of H-pyrrole nitrogens is 1. The van der Waals surface area contributed by atoms with Crippen LogP contribution >= 0.6 is 0 Å². The minimum Gasteiger partial charge on any atom is -0.477 e. The van der Waals surface area contributed by atoms with Crippen LogP contribution in [0.4, 0.5) is 5.82 Å². The lowest BCUT2D eigenvalue weighted by Crippen LogP contribution is -2.08. The number of hydrogen-bond acceptors (Lipinski definition) is 6. The Hall–Kier alpha value is -2.97. The quantitative estimate of drug-likeness (QED) is 0.648. The third kappa shape index (κ3) is 2.39. The van der Waals surface area contributed by atoms with E-state index in [9.17, 15) is 4.79 Å². The Morgan fingerprint density at radius 1 is 1.43 bits per heavy atom. The summed E-state index contributed by atoms with van der Waals surface area (Å²) in [6.07, 6.45) is 3.74. The monoisotopic (exact) mass is 313 g/mol. The molecular weight excluding hydrogens is 298 g/mol. The van der Waals surface area contributed by atoms with Gasteiger partial charge in [-0.1, -0.05) is 0 Å². The van der Waals surface area contributed by atoms with Crippen molar-refractivity contribution in [2.24, 2.45) is 7.05 Å². The molecule has 0 atom stereocenters. The van der Waals surface area contributed by atoms with Crippen molar-refractivity contribution < 1.29 is 9.90 Å². The molecule has 3 heterocycles. The normalized spacial score (nSPS) is 14.3.